The first-order chi connectivity index (χ1) is 6.31. The van der Waals surface area contributed by atoms with Crippen molar-refractivity contribution in [2.75, 3.05) is 0 Å². The molecule has 0 fully saturated rings. The summed E-state index contributed by atoms with van der Waals surface area (Å²) in [6.07, 6.45) is 0.735. The smallest absolute Gasteiger partial charge is 0.189 e. The molecule has 5 nitrogen and oxygen atoms in total. The van der Waals surface area contributed by atoms with Crippen molar-refractivity contribution in [1.29, 1.82) is 10.7 Å². The Kier molecular flexibility index (Phi) is 2.84. The molecule has 0 aliphatic carbocycles. The monoisotopic (exact) mass is 177 g/mol. The molecule has 0 aliphatic rings. The molecule has 13 heavy (non-hydrogen) atoms. The molecule has 1 aromatic rings. The highest BCUT2D eigenvalue weighted by atomic mass is 16.6. The normalized spacial score (nSPS) is 8.62. The van der Waals surface area contributed by atoms with Crippen LogP contribution in [0, 0.1) is 16.7 Å². The highest BCUT2D eigenvalue weighted by Crippen LogP contribution is 2.26. The number of nitrogens with two attached hydrogens (primary N) is 1. The van der Waals surface area contributed by atoms with Gasteiger partial charge in [-0.2, -0.15) is 11.2 Å². The van der Waals surface area contributed by atoms with E-state index in [1.807, 2.05) is 6.07 Å². The van der Waals surface area contributed by atoms with Crippen molar-refractivity contribution < 1.29 is 9.57 Å². The second-order valence-corrected chi connectivity index (χ2v) is 2.13. The SMILES string of the molecule is N#Cc1ccc(ON)c(OC=N)c1. The minimum Gasteiger partial charge on any atom is -0.442 e. The number of hydrogen-bond acceptors (Lipinski definition) is 5. The molecule has 0 spiro atoms. The molecule has 3 N–H and O–H groups in total. The van der Waals surface area contributed by atoms with Crippen LogP contribution < -0.4 is 15.5 Å². The molecular formula is C8H7N3O2. The molecule has 0 amide bonds. The highest BCUT2D eigenvalue weighted by Gasteiger charge is 2.04. The molecule has 1 aromatic carbocycles. The zero-order chi connectivity index (χ0) is 9.68. The molecular weight excluding hydrogens is 170 g/mol. The van der Waals surface area contributed by atoms with Crippen molar-refractivity contribution in [3.63, 3.8) is 0 Å². The van der Waals surface area contributed by atoms with Gasteiger partial charge in [-0.15, -0.1) is 0 Å². The largest absolute Gasteiger partial charge is 0.442 e. The van der Waals surface area contributed by atoms with Crippen molar-refractivity contribution in [2.45, 2.75) is 0 Å². The summed E-state index contributed by atoms with van der Waals surface area (Å²) in [5, 5.41) is 15.3. The third kappa shape index (κ3) is 1.95. The number of nitrogens with zero attached hydrogens (tertiary/aromatic N) is 1. The average Bonchev–Trinajstić information content (AvgIpc) is 2.18. The third-order valence-corrected chi connectivity index (χ3v) is 1.39. The molecule has 0 atom stereocenters. The van der Waals surface area contributed by atoms with E-state index in [4.69, 9.17) is 21.3 Å². The first-order valence-corrected chi connectivity index (χ1v) is 3.38. The Bertz CT molecular complexity index is 357. The molecule has 66 valence electrons. The molecule has 0 aromatic heterocycles. The minimum absolute atomic E-state index is 0.247. The van der Waals surface area contributed by atoms with Gasteiger partial charge in [-0.1, -0.05) is 0 Å². The molecule has 0 aliphatic heterocycles. The molecule has 1 rings (SSSR count). The second-order valence-electron chi connectivity index (χ2n) is 2.13. The summed E-state index contributed by atoms with van der Waals surface area (Å²) < 4.78 is 4.76. The lowest BCUT2D eigenvalue weighted by Crippen LogP contribution is -2.04. The van der Waals surface area contributed by atoms with E-state index in [0.29, 0.717) is 5.56 Å². The first kappa shape index (κ1) is 9.03. The number of nitriles is 1. The summed E-state index contributed by atoms with van der Waals surface area (Å²) in [6, 6.07) is 6.40. The fourth-order valence-electron chi connectivity index (χ4n) is 0.831. The molecule has 0 radical (unpaired) electrons. The van der Waals surface area contributed by atoms with Gasteiger partial charge >= 0.3 is 0 Å². The van der Waals surface area contributed by atoms with Crippen molar-refractivity contribution in [3.05, 3.63) is 23.8 Å². The van der Waals surface area contributed by atoms with Crippen LogP contribution >= 0.6 is 0 Å². The van der Waals surface area contributed by atoms with E-state index in [1.165, 1.54) is 12.1 Å². The van der Waals surface area contributed by atoms with Crippen LogP contribution in [-0.4, -0.2) is 6.40 Å². The molecule has 0 heterocycles. The number of nitrogens with one attached hydrogen (secondary N) is 1. The van der Waals surface area contributed by atoms with Crippen molar-refractivity contribution in [1.82, 2.24) is 0 Å². The van der Waals surface area contributed by atoms with Crippen molar-refractivity contribution in [3.8, 4) is 17.6 Å². The number of rotatable bonds is 3. The Hall–Kier alpha value is -2.06. The highest BCUT2D eigenvalue weighted by molar-refractivity contribution is 5.54. The first-order valence-electron chi connectivity index (χ1n) is 3.38. The molecule has 0 unspecified atom stereocenters. The number of hydrogen-bond donors (Lipinski definition) is 2. The lowest BCUT2D eigenvalue weighted by Gasteiger charge is -2.04. The lowest BCUT2D eigenvalue weighted by atomic mass is 10.2. The Labute approximate surface area is 74.8 Å². The van der Waals surface area contributed by atoms with Gasteiger partial charge in [0.15, 0.2) is 17.9 Å². The van der Waals surface area contributed by atoms with E-state index in [9.17, 15) is 0 Å². The van der Waals surface area contributed by atoms with Gasteiger partial charge in [0.25, 0.3) is 0 Å². The zero-order valence-corrected chi connectivity index (χ0v) is 6.65. The van der Waals surface area contributed by atoms with Crippen molar-refractivity contribution in [2.24, 2.45) is 5.90 Å². The number of ether oxygens (including phenoxy) is 1. The van der Waals surface area contributed by atoms with Gasteiger partial charge in [-0.3, -0.25) is 5.41 Å². The fourth-order valence-corrected chi connectivity index (χ4v) is 0.831. The van der Waals surface area contributed by atoms with Gasteiger partial charge in [0.2, 0.25) is 0 Å². The van der Waals surface area contributed by atoms with E-state index >= 15 is 0 Å². The third-order valence-electron chi connectivity index (χ3n) is 1.39. The van der Waals surface area contributed by atoms with Crippen molar-refractivity contribution >= 4 is 6.40 Å². The predicted octanol–water partition coefficient (Wildman–Crippen LogP) is 0.797. The Morgan fingerprint density at radius 2 is 2.23 bits per heavy atom. The molecule has 5 heteroatoms. The maximum atomic E-state index is 8.56. The standard InChI is InChI=1S/C8H7N3O2/c9-4-6-1-2-7(13-11)8(3-6)12-5-10/h1-3,5,10H,11H2. The van der Waals surface area contributed by atoms with E-state index < -0.39 is 0 Å². The van der Waals surface area contributed by atoms with E-state index in [1.54, 1.807) is 6.07 Å². The Balaban J connectivity index is 3.11. The van der Waals surface area contributed by atoms with Crippen LogP contribution in [0.3, 0.4) is 0 Å². The Morgan fingerprint density at radius 3 is 2.77 bits per heavy atom. The topological polar surface area (TPSA) is 92.1 Å². The number of benzene rings is 1. The summed E-state index contributed by atoms with van der Waals surface area (Å²) in [7, 11) is 0. The van der Waals surface area contributed by atoms with Crippen LogP contribution in [0.2, 0.25) is 0 Å². The molecule has 0 saturated carbocycles. The van der Waals surface area contributed by atoms with E-state index in [2.05, 4.69) is 4.84 Å². The summed E-state index contributed by atoms with van der Waals surface area (Å²) in [5.41, 5.74) is 0.414. The maximum Gasteiger partial charge on any atom is 0.189 e. The van der Waals surface area contributed by atoms with Gasteiger partial charge in [-0.25, -0.2) is 0 Å². The van der Waals surface area contributed by atoms with Crippen LogP contribution in [0.5, 0.6) is 11.5 Å². The summed E-state index contributed by atoms with van der Waals surface area (Å²) in [4.78, 5) is 4.46. The summed E-state index contributed by atoms with van der Waals surface area (Å²) >= 11 is 0. The molecule has 0 bridgehead atoms. The van der Waals surface area contributed by atoms with Gasteiger partial charge in [0.05, 0.1) is 11.6 Å². The maximum absolute atomic E-state index is 8.56. The van der Waals surface area contributed by atoms with Gasteiger partial charge < -0.3 is 9.57 Å². The zero-order valence-electron chi connectivity index (χ0n) is 6.65. The average molecular weight is 177 g/mol. The van der Waals surface area contributed by atoms with Gasteiger partial charge in [0.1, 0.15) is 0 Å². The summed E-state index contributed by atoms with van der Waals surface area (Å²) in [5.74, 6) is 5.46. The molecule has 0 saturated heterocycles. The second kappa shape index (κ2) is 4.09. The quantitative estimate of drug-likeness (QED) is 0.405. The Morgan fingerprint density at radius 1 is 1.46 bits per heavy atom. The van der Waals surface area contributed by atoms with Crippen LogP contribution in [0.4, 0.5) is 0 Å². The summed E-state index contributed by atoms with van der Waals surface area (Å²) in [6.45, 7) is 0. The van der Waals surface area contributed by atoms with Crippen LogP contribution in [-0.2, 0) is 0 Å². The van der Waals surface area contributed by atoms with Crippen LogP contribution in [0.1, 0.15) is 5.56 Å². The lowest BCUT2D eigenvalue weighted by molar-refractivity contribution is 0.322. The van der Waals surface area contributed by atoms with Crippen LogP contribution in [0.15, 0.2) is 18.2 Å². The minimum atomic E-state index is 0.247. The van der Waals surface area contributed by atoms with Gasteiger partial charge in [-0.05, 0) is 12.1 Å². The van der Waals surface area contributed by atoms with E-state index in [-0.39, 0.29) is 11.5 Å². The van der Waals surface area contributed by atoms with Gasteiger partial charge in [0, 0.05) is 6.07 Å². The predicted molar refractivity (Wildman–Crippen MR) is 45.4 cm³/mol. The van der Waals surface area contributed by atoms with E-state index in [0.717, 1.165) is 6.40 Å². The van der Waals surface area contributed by atoms with Crippen LogP contribution in [0.25, 0.3) is 0 Å². The fraction of sp³-hybridized carbons (Fsp3) is 0.